The number of ether oxygens (including phenoxy) is 1. The number of thiophene rings is 1. The molecule has 0 saturated heterocycles. The van der Waals surface area contributed by atoms with E-state index in [0.717, 1.165) is 37.0 Å². The molecule has 2 heterocycles. The number of nitrogens with zero attached hydrogens (tertiary/aromatic N) is 1. The first-order chi connectivity index (χ1) is 14.6. The predicted molar refractivity (Wildman–Crippen MR) is 128 cm³/mol. The molecule has 4 rings (SSSR count). The van der Waals surface area contributed by atoms with Crippen molar-refractivity contribution in [3.63, 3.8) is 0 Å². The molecule has 2 aromatic heterocycles. The number of carboxylic acid groups (broad SMARTS) is 1. The molecule has 0 spiro atoms. The summed E-state index contributed by atoms with van der Waals surface area (Å²) in [4.78, 5) is 19.1. The number of benzene rings is 2. The quantitative estimate of drug-likeness (QED) is 0.351. The Morgan fingerprint density at radius 3 is 2.52 bits per heavy atom. The fourth-order valence-electron chi connectivity index (χ4n) is 3.93. The van der Waals surface area contributed by atoms with Gasteiger partial charge in [-0.25, -0.2) is 9.78 Å². The summed E-state index contributed by atoms with van der Waals surface area (Å²) in [5.74, 6) is -1.05. The van der Waals surface area contributed by atoms with Gasteiger partial charge in [0.25, 0.3) is 0 Å². The standard InChI is InChI=1S/C25H24ClNO3S/c1-13-12-18-20(17-11-10-15-8-6-7-9-16(15)21(17)26)19(14(2)27-23(18)31-13)22(24(28)29)30-25(3,4)5/h6-12,22H,1-5H3,(H,28,29)/t22-/m0/s1. The van der Waals surface area contributed by atoms with Gasteiger partial charge in [-0.3, -0.25) is 0 Å². The van der Waals surface area contributed by atoms with Crippen LogP contribution in [-0.4, -0.2) is 21.7 Å². The molecule has 0 unspecified atom stereocenters. The van der Waals surface area contributed by atoms with Crippen molar-refractivity contribution in [2.24, 2.45) is 0 Å². The molecule has 0 bridgehead atoms. The lowest BCUT2D eigenvalue weighted by molar-refractivity contribution is -0.160. The molecule has 0 radical (unpaired) electrons. The Kier molecular flexibility index (Phi) is 5.54. The molecule has 31 heavy (non-hydrogen) atoms. The van der Waals surface area contributed by atoms with E-state index in [9.17, 15) is 9.90 Å². The van der Waals surface area contributed by atoms with E-state index in [1.54, 1.807) is 11.3 Å². The van der Waals surface area contributed by atoms with Crippen LogP contribution >= 0.6 is 22.9 Å². The third kappa shape index (κ3) is 4.05. The second-order valence-corrected chi connectivity index (χ2v) is 10.3. The Morgan fingerprint density at radius 2 is 1.84 bits per heavy atom. The first-order valence-corrected chi connectivity index (χ1v) is 11.2. The molecule has 6 heteroatoms. The zero-order valence-corrected chi connectivity index (χ0v) is 19.7. The van der Waals surface area contributed by atoms with Crippen molar-refractivity contribution in [2.45, 2.75) is 46.3 Å². The van der Waals surface area contributed by atoms with Crippen molar-refractivity contribution in [1.82, 2.24) is 4.98 Å². The minimum atomic E-state index is -1.17. The number of pyridine rings is 1. The van der Waals surface area contributed by atoms with Crippen LogP contribution in [-0.2, 0) is 9.53 Å². The number of aliphatic carboxylic acids is 1. The minimum absolute atomic E-state index is 0.546. The van der Waals surface area contributed by atoms with E-state index >= 15 is 0 Å². The average molecular weight is 454 g/mol. The number of aromatic nitrogens is 1. The van der Waals surface area contributed by atoms with Crippen LogP contribution in [0.25, 0.3) is 32.1 Å². The SMILES string of the molecule is Cc1cc2c(-c3ccc4ccccc4c3Cl)c([C@H](OC(C)(C)C)C(=O)O)c(C)nc2s1. The van der Waals surface area contributed by atoms with E-state index in [0.29, 0.717) is 16.3 Å². The lowest BCUT2D eigenvalue weighted by Crippen LogP contribution is -2.28. The molecular weight excluding hydrogens is 430 g/mol. The summed E-state index contributed by atoms with van der Waals surface area (Å²) in [5, 5.41) is 13.6. The van der Waals surface area contributed by atoms with Gasteiger partial charge in [-0.05, 0) is 46.1 Å². The monoisotopic (exact) mass is 453 g/mol. The molecule has 0 aliphatic heterocycles. The lowest BCUT2D eigenvalue weighted by atomic mass is 9.91. The van der Waals surface area contributed by atoms with Gasteiger partial charge in [0.1, 0.15) is 4.83 Å². The highest BCUT2D eigenvalue weighted by atomic mass is 35.5. The minimum Gasteiger partial charge on any atom is -0.479 e. The van der Waals surface area contributed by atoms with Crippen LogP contribution in [0.15, 0.2) is 42.5 Å². The highest BCUT2D eigenvalue weighted by Gasteiger charge is 2.33. The van der Waals surface area contributed by atoms with Crippen molar-refractivity contribution in [3.05, 3.63) is 63.6 Å². The van der Waals surface area contributed by atoms with E-state index < -0.39 is 17.7 Å². The third-order valence-electron chi connectivity index (χ3n) is 5.12. The Morgan fingerprint density at radius 1 is 1.13 bits per heavy atom. The van der Waals surface area contributed by atoms with Crippen LogP contribution in [0, 0.1) is 13.8 Å². The predicted octanol–water partition coefficient (Wildman–Crippen LogP) is 7.33. The zero-order chi connectivity index (χ0) is 22.5. The highest BCUT2D eigenvalue weighted by molar-refractivity contribution is 7.18. The number of carbonyl (C=O) groups is 1. The van der Waals surface area contributed by atoms with Crippen LogP contribution in [0.2, 0.25) is 5.02 Å². The third-order valence-corrected chi connectivity index (χ3v) is 6.48. The fraction of sp³-hybridized carbons (Fsp3) is 0.280. The van der Waals surface area contributed by atoms with Crippen molar-refractivity contribution in [1.29, 1.82) is 0 Å². The van der Waals surface area contributed by atoms with Crippen LogP contribution in [0.3, 0.4) is 0 Å². The van der Waals surface area contributed by atoms with Gasteiger partial charge in [-0.15, -0.1) is 11.3 Å². The number of hydrogen-bond acceptors (Lipinski definition) is 4. The Labute approximate surface area is 190 Å². The van der Waals surface area contributed by atoms with Gasteiger partial charge in [-0.2, -0.15) is 0 Å². The van der Waals surface area contributed by atoms with E-state index in [1.165, 1.54) is 0 Å². The molecule has 0 fully saturated rings. The molecule has 4 nitrogen and oxygen atoms in total. The van der Waals surface area contributed by atoms with Gasteiger partial charge in [0, 0.05) is 38.0 Å². The smallest absolute Gasteiger partial charge is 0.337 e. The highest BCUT2D eigenvalue weighted by Crippen LogP contribution is 2.45. The maximum Gasteiger partial charge on any atom is 0.337 e. The van der Waals surface area contributed by atoms with Gasteiger partial charge in [0.05, 0.1) is 10.6 Å². The number of fused-ring (bicyclic) bond motifs is 2. The van der Waals surface area contributed by atoms with Crippen molar-refractivity contribution >= 4 is 49.9 Å². The Bertz CT molecular complexity index is 1320. The molecule has 1 N–H and O–H groups in total. The van der Waals surface area contributed by atoms with Crippen molar-refractivity contribution < 1.29 is 14.6 Å². The normalized spacial score (nSPS) is 13.1. The molecular formula is C25H24ClNO3S. The second kappa shape index (κ2) is 7.90. The second-order valence-electron chi connectivity index (χ2n) is 8.66. The van der Waals surface area contributed by atoms with Crippen LogP contribution < -0.4 is 0 Å². The van der Waals surface area contributed by atoms with Gasteiger partial charge in [-0.1, -0.05) is 48.0 Å². The molecule has 2 aromatic carbocycles. The summed E-state index contributed by atoms with van der Waals surface area (Å²) in [6, 6.07) is 13.9. The summed E-state index contributed by atoms with van der Waals surface area (Å²) < 4.78 is 6.03. The summed E-state index contributed by atoms with van der Waals surface area (Å²) >= 11 is 8.50. The number of hydrogen-bond donors (Lipinski definition) is 1. The largest absolute Gasteiger partial charge is 0.479 e. The molecule has 0 amide bonds. The van der Waals surface area contributed by atoms with Crippen molar-refractivity contribution in [2.75, 3.05) is 0 Å². The number of rotatable bonds is 4. The summed E-state index contributed by atoms with van der Waals surface area (Å²) in [5.41, 5.74) is 2.08. The van der Waals surface area contributed by atoms with Crippen molar-refractivity contribution in [3.8, 4) is 11.1 Å². The van der Waals surface area contributed by atoms with Crippen LogP contribution in [0.1, 0.15) is 43.0 Å². The van der Waals surface area contributed by atoms with Gasteiger partial charge in [0.15, 0.2) is 6.10 Å². The Balaban J connectivity index is 2.12. The Hall–Kier alpha value is -2.47. The van der Waals surface area contributed by atoms with E-state index in [1.807, 2.05) is 77.1 Å². The van der Waals surface area contributed by atoms with Gasteiger partial charge in [0.2, 0.25) is 0 Å². The first-order valence-electron chi connectivity index (χ1n) is 10.1. The van der Waals surface area contributed by atoms with E-state index in [4.69, 9.17) is 21.3 Å². The number of halogens is 1. The van der Waals surface area contributed by atoms with Crippen LogP contribution in [0.4, 0.5) is 0 Å². The molecule has 160 valence electrons. The first kappa shape index (κ1) is 21.8. The van der Waals surface area contributed by atoms with Crippen LogP contribution in [0.5, 0.6) is 0 Å². The number of aryl methyl sites for hydroxylation is 2. The summed E-state index contributed by atoms with van der Waals surface area (Å²) in [6.45, 7) is 9.41. The molecule has 1 atom stereocenters. The van der Waals surface area contributed by atoms with E-state index in [-0.39, 0.29) is 0 Å². The molecule has 4 aromatic rings. The molecule has 0 aliphatic carbocycles. The van der Waals surface area contributed by atoms with Gasteiger partial charge < -0.3 is 9.84 Å². The summed E-state index contributed by atoms with van der Waals surface area (Å²) in [6.07, 6.45) is -1.17. The van der Waals surface area contributed by atoms with Gasteiger partial charge >= 0.3 is 5.97 Å². The fourth-order valence-corrected chi connectivity index (χ4v) is 5.19. The maximum absolute atomic E-state index is 12.4. The summed E-state index contributed by atoms with van der Waals surface area (Å²) in [7, 11) is 0. The number of carboxylic acids is 1. The zero-order valence-electron chi connectivity index (χ0n) is 18.1. The van der Waals surface area contributed by atoms with E-state index in [2.05, 4.69) is 0 Å². The molecule has 0 saturated carbocycles. The average Bonchev–Trinajstić information content (AvgIpc) is 3.05. The molecule has 0 aliphatic rings. The lowest BCUT2D eigenvalue weighted by Gasteiger charge is -2.28. The topological polar surface area (TPSA) is 59.4 Å². The maximum atomic E-state index is 12.4.